The maximum atomic E-state index is 10.7. The average molecular weight is 246 g/mol. The third-order valence-electron chi connectivity index (χ3n) is 2.59. The Hall–Kier alpha value is -2.14. The number of nitrogens with zero attached hydrogens (tertiary/aromatic N) is 2. The molecule has 0 amide bonds. The van der Waals surface area contributed by atoms with Gasteiger partial charge < -0.3 is 9.63 Å². The second-order valence-corrected chi connectivity index (χ2v) is 4.21. The molecule has 18 heavy (non-hydrogen) atoms. The first-order valence-corrected chi connectivity index (χ1v) is 5.54. The first-order chi connectivity index (χ1) is 8.65. The van der Waals surface area contributed by atoms with Crippen LogP contribution in [-0.2, 0) is 13.1 Å². The average Bonchev–Trinajstić information content (AvgIpc) is 2.82. The summed E-state index contributed by atoms with van der Waals surface area (Å²) in [5.74, 6) is -0.903. The van der Waals surface area contributed by atoms with Crippen LogP contribution in [0.15, 0.2) is 41.2 Å². The van der Waals surface area contributed by atoms with Crippen LogP contribution in [0.2, 0.25) is 0 Å². The van der Waals surface area contributed by atoms with E-state index in [4.69, 9.17) is 9.63 Å². The predicted octanol–water partition coefficient (Wildman–Crippen LogP) is 2.00. The molecule has 0 saturated carbocycles. The summed E-state index contributed by atoms with van der Waals surface area (Å²) in [5, 5.41) is 12.4. The molecule has 0 aliphatic heterocycles. The lowest BCUT2D eigenvalue weighted by atomic mass is 10.1. The summed E-state index contributed by atoms with van der Waals surface area (Å²) in [4.78, 5) is 12.8. The van der Waals surface area contributed by atoms with Gasteiger partial charge in [-0.3, -0.25) is 4.90 Å². The van der Waals surface area contributed by atoms with Crippen LogP contribution in [-0.4, -0.2) is 28.2 Å². The van der Waals surface area contributed by atoms with Crippen molar-refractivity contribution in [3.8, 4) is 0 Å². The van der Waals surface area contributed by atoms with Crippen LogP contribution in [0.1, 0.15) is 21.5 Å². The molecular formula is C13H14N2O3. The van der Waals surface area contributed by atoms with Crippen molar-refractivity contribution in [1.82, 2.24) is 10.1 Å². The molecule has 0 aliphatic rings. The summed E-state index contributed by atoms with van der Waals surface area (Å²) in [6.45, 7) is 1.48. The van der Waals surface area contributed by atoms with E-state index in [2.05, 4.69) is 10.1 Å². The van der Waals surface area contributed by atoms with Crippen LogP contribution in [0.25, 0.3) is 0 Å². The number of aromatic nitrogens is 1. The number of carboxylic acids is 1. The number of aromatic carboxylic acids is 1. The second-order valence-electron chi connectivity index (χ2n) is 4.21. The van der Waals surface area contributed by atoms with Gasteiger partial charge in [0.25, 0.3) is 0 Å². The predicted molar refractivity (Wildman–Crippen MR) is 65.1 cm³/mol. The van der Waals surface area contributed by atoms with Gasteiger partial charge in [-0.2, -0.15) is 0 Å². The number of rotatable bonds is 5. The minimum absolute atomic E-state index is 0.306. The fraction of sp³-hybridized carbons (Fsp3) is 0.231. The summed E-state index contributed by atoms with van der Waals surface area (Å²) >= 11 is 0. The minimum Gasteiger partial charge on any atom is -0.478 e. The van der Waals surface area contributed by atoms with Gasteiger partial charge in [-0.05, 0) is 24.7 Å². The molecule has 0 fully saturated rings. The normalized spacial score (nSPS) is 10.8. The Labute approximate surface area is 105 Å². The SMILES string of the molecule is CN(Cc1ccc(C(=O)O)cc1)Cc1cnoc1. The Morgan fingerprint density at radius 1 is 1.28 bits per heavy atom. The van der Waals surface area contributed by atoms with Crippen LogP contribution < -0.4 is 0 Å². The maximum Gasteiger partial charge on any atom is 0.335 e. The van der Waals surface area contributed by atoms with Gasteiger partial charge in [-0.15, -0.1) is 0 Å². The van der Waals surface area contributed by atoms with Crippen molar-refractivity contribution in [2.45, 2.75) is 13.1 Å². The van der Waals surface area contributed by atoms with Crippen molar-refractivity contribution >= 4 is 5.97 Å². The molecule has 0 aliphatic carbocycles. The molecule has 0 unspecified atom stereocenters. The Bertz CT molecular complexity index is 506. The molecule has 1 heterocycles. The molecule has 0 atom stereocenters. The lowest BCUT2D eigenvalue weighted by Crippen LogP contribution is -2.16. The van der Waals surface area contributed by atoms with Crippen molar-refractivity contribution in [1.29, 1.82) is 0 Å². The van der Waals surface area contributed by atoms with E-state index >= 15 is 0 Å². The van der Waals surface area contributed by atoms with Crippen molar-refractivity contribution in [2.24, 2.45) is 0 Å². The third-order valence-corrected chi connectivity index (χ3v) is 2.59. The Kier molecular flexibility index (Phi) is 3.74. The van der Waals surface area contributed by atoms with Crippen LogP contribution in [0, 0.1) is 0 Å². The fourth-order valence-corrected chi connectivity index (χ4v) is 1.74. The first kappa shape index (κ1) is 12.3. The third kappa shape index (κ3) is 3.18. The second kappa shape index (κ2) is 5.46. The number of carbonyl (C=O) groups is 1. The maximum absolute atomic E-state index is 10.7. The standard InChI is InChI=1S/C13H14N2O3/c1-15(8-11-6-14-18-9-11)7-10-2-4-12(5-3-10)13(16)17/h2-6,9H,7-8H2,1H3,(H,16,17). The van der Waals surface area contributed by atoms with E-state index in [1.165, 1.54) is 0 Å². The molecule has 0 radical (unpaired) electrons. The molecule has 0 spiro atoms. The summed E-state index contributed by atoms with van der Waals surface area (Å²) in [7, 11) is 1.98. The highest BCUT2D eigenvalue weighted by Crippen LogP contribution is 2.09. The van der Waals surface area contributed by atoms with Gasteiger partial charge in [0, 0.05) is 18.7 Å². The molecule has 5 nitrogen and oxygen atoms in total. The van der Waals surface area contributed by atoms with Gasteiger partial charge in [0.15, 0.2) is 0 Å². The zero-order valence-electron chi connectivity index (χ0n) is 10.0. The molecule has 1 aromatic carbocycles. The summed E-state index contributed by atoms with van der Waals surface area (Å²) in [5.41, 5.74) is 2.39. The van der Waals surface area contributed by atoms with Gasteiger partial charge >= 0.3 is 5.97 Å². The van der Waals surface area contributed by atoms with Crippen molar-refractivity contribution < 1.29 is 14.4 Å². The molecule has 2 rings (SSSR count). The van der Waals surface area contributed by atoms with Crippen LogP contribution in [0.5, 0.6) is 0 Å². The quantitative estimate of drug-likeness (QED) is 0.874. The lowest BCUT2D eigenvalue weighted by molar-refractivity contribution is 0.0697. The monoisotopic (exact) mass is 246 g/mol. The van der Waals surface area contributed by atoms with E-state index in [0.29, 0.717) is 5.56 Å². The largest absolute Gasteiger partial charge is 0.478 e. The van der Waals surface area contributed by atoms with E-state index in [-0.39, 0.29) is 0 Å². The zero-order valence-corrected chi connectivity index (χ0v) is 10.0. The van der Waals surface area contributed by atoms with Gasteiger partial charge in [0.1, 0.15) is 6.26 Å². The number of hydrogen-bond donors (Lipinski definition) is 1. The highest BCUT2D eigenvalue weighted by molar-refractivity contribution is 5.87. The molecule has 1 N–H and O–H groups in total. The Morgan fingerprint density at radius 3 is 2.50 bits per heavy atom. The van der Waals surface area contributed by atoms with Gasteiger partial charge in [-0.25, -0.2) is 4.79 Å². The lowest BCUT2D eigenvalue weighted by Gasteiger charge is -2.15. The molecule has 0 bridgehead atoms. The highest BCUT2D eigenvalue weighted by atomic mass is 16.5. The first-order valence-electron chi connectivity index (χ1n) is 5.54. The van der Waals surface area contributed by atoms with Crippen molar-refractivity contribution in [3.63, 3.8) is 0 Å². The van der Waals surface area contributed by atoms with Crippen LogP contribution in [0.3, 0.4) is 0 Å². The van der Waals surface area contributed by atoms with Crippen molar-refractivity contribution in [3.05, 3.63) is 53.4 Å². The molecular weight excluding hydrogens is 232 g/mol. The molecule has 0 saturated heterocycles. The summed E-state index contributed by atoms with van der Waals surface area (Å²) < 4.78 is 4.77. The fourth-order valence-electron chi connectivity index (χ4n) is 1.74. The van der Waals surface area contributed by atoms with Gasteiger partial charge in [-0.1, -0.05) is 17.3 Å². The molecule has 5 heteroatoms. The van der Waals surface area contributed by atoms with E-state index in [1.54, 1.807) is 24.6 Å². The molecule has 1 aromatic heterocycles. The topological polar surface area (TPSA) is 66.6 Å². The van der Waals surface area contributed by atoms with Crippen LogP contribution in [0.4, 0.5) is 0 Å². The Morgan fingerprint density at radius 2 is 1.94 bits per heavy atom. The van der Waals surface area contributed by atoms with Crippen molar-refractivity contribution in [2.75, 3.05) is 7.05 Å². The number of benzene rings is 1. The number of carboxylic acid groups (broad SMARTS) is 1. The number of hydrogen-bond acceptors (Lipinski definition) is 4. The smallest absolute Gasteiger partial charge is 0.335 e. The summed E-state index contributed by atoms with van der Waals surface area (Å²) in [6.07, 6.45) is 3.30. The zero-order chi connectivity index (χ0) is 13.0. The van der Waals surface area contributed by atoms with E-state index in [1.807, 2.05) is 19.2 Å². The summed E-state index contributed by atoms with van der Waals surface area (Å²) in [6, 6.07) is 6.89. The minimum atomic E-state index is -0.903. The van der Waals surface area contributed by atoms with E-state index in [9.17, 15) is 4.79 Å². The van der Waals surface area contributed by atoms with E-state index < -0.39 is 5.97 Å². The molecule has 94 valence electrons. The van der Waals surface area contributed by atoms with Gasteiger partial charge in [0.2, 0.25) is 0 Å². The van der Waals surface area contributed by atoms with E-state index in [0.717, 1.165) is 24.2 Å². The molecule has 2 aromatic rings. The highest BCUT2D eigenvalue weighted by Gasteiger charge is 2.05. The van der Waals surface area contributed by atoms with Crippen LogP contribution >= 0.6 is 0 Å². The van der Waals surface area contributed by atoms with Gasteiger partial charge in [0.05, 0.1) is 11.8 Å². The Balaban J connectivity index is 1.94.